The zero-order chi connectivity index (χ0) is 15.6. The lowest BCUT2D eigenvalue weighted by atomic mass is 9.85. The third kappa shape index (κ3) is 3.12. The highest BCUT2D eigenvalue weighted by molar-refractivity contribution is 5.93. The number of hydrogen-bond donors (Lipinski definition) is 0. The molecule has 5 heteroatoms. The molecule has 1 heterocycles. The molecule has 0 aromatic heterocycles. The van der Waals surface area contributed by atoms with Gasteiger partial charge in [0.1, 0.15) is 5.78 Å². The summed E-state index contributed by atoms with van der Waals surface area (Å²) in [6.07, 6.45) is -0.404. The van der Waals surface area contributed by atoms with Crippen molar-refractivity contribution in [3.8, 4) is 0 Å². The number of hydrogen-bond acceptors (Lipinski definition) is 4. The summed E-state index contributed by atoms with van der Waals surface area (Å²) in [4.78, 5) is 36.7. The van der Waals surface area contributed by atoms with E-state index in [4.69, 9.17) is 0 Å². The number of carboxylic acid groups (broad SMARTS) is 1. The summed E-state index contributed by atoms with van der Waals surface area (Å²) in [6.45, 7) is 3.58. The smallest absolute Gasteiger partial charge is 0.227 e. The second-order valence-electron chi connectivity index (χ2n) is 5.51. The Morgan fingerprint density at radius 3 is 2.38 bits per heavy atom. The molecule has 0 saturated carbocycles. The van der Waals surface area contributed by atoms with Gasteiger partial charge in [0.05, 0.1) is 5.92 Å². The van der Waals surface area contributed by atoms with Crippen molar-refractivity contribution in [1.29, 1.82) is 0 Å². The van der Waals surface area contributed by atoms with Gasteiger partial charge >= 0.3 is 0 Å². The zero-order valence-corrected chi connectivity index (χ0v) is 12.1. The molecule has 1 amide bonds. The molecule has 1 aliphatic rings. The lowest BCUT2D eigenvalue weighted by Gasteiger charge is -2.23. The third-order valence-corrected chi connectivity index (χ3v) is 4.10. The highest BCUT2D eigenvalue weighted by Crippen LogP contribution is 2.34. The number of amides is 1. The number of benzene rings is 1. The van der Waals surface area contributed by atoms with Crippen LogP contribution in [0, 0.1) is 11.8 Å². The Labute approximate surface area is 123 Å². The van der Waals surface area contributed by atoms with Gasteiger partial charge < -0.3 is 14.8 Å². The lowest BCUT2D eigenvalue weighted by Crippen LogP contribution is -2.33. The Bertz CT molecular complexity index is 555. The van der Waals surface area contributed by atoms with E-state index in [0.717, 1.165) is 5.56 Å². The summed E-state index contributed by atoms with van der Waals surface area (Å²) < 4.78 is 0. The first-order valence-corrected chi connectivity index (χ1v) is 6.96. The molecule has 0 radical (unpaired) electrons. The number of carbonyl (C=O) groups excluding carboxylic acids is 3. The maximum atomic E-state index is 12.5. The van der Waals surface area contributed by atoms with Crippen LogP contribution in [0.2, 0.25) is 0 Å². The van der Waals surface area contributed by atoms with Gasteiger partial charge in [0, 0.05) is 24.5 Å². The van der Waals surface area contributed by atoms with E-state index in [9.17, 15) is 19.5 Å². The van der Waals surface area contributed by atoms with Gasteiger partial charge in [0.25, 0.3) is 0 Å². The van der Waals surface area contributed by atoms with Gasteiger partial charge in [-0.1, -0.05) is 30.3 Å². The number of rotatable bonds is 5. The molecule has 112 valence electrons. The van der Waals surface area contributed by atoms with Gasteiger partial charge in [-0.15, -0.1) is 0 Å². The quantitative estimate of drug-likeness (QED) is 0.784. The maximum Gasteiger partial charge on any atom is 0.227 e. The molecular formula is C16H18NO4-. The Kier molecular flexibility index (Phi) is 4.40. The normalized spacial score (nSPS) is 25.1. The van der Waals surface area contributed by atoms with Crippen LogP contribution in [0.3, 0.4) is 0 Å². The van der Waals surface area contributed by atoms with Crippen LogP contribution in [0.15, 0.2) is 30.3 Å². The van der Waals surface area contributed by atoms with Gasteiger partial charge in [-0.2, -0.15) is 0 Å². The van der Waals surface area contributed by atoms with Crippen LogP contribution in [0.5, 0.6) is 0 Å². The summed E-state index contributed by atoms with van der Waals surface area (Å²) in [6, 6.07) is 9.13. The molecule has 0 spiro atoms. The lowest BCUT2D eigenvalue weighted by molar-refractivity contribution is -0.306. The zero-order valence-electron chi connectivity index (χ0n) is 12.1. The number of carboxylic acids is 1. The molecule has 2 rings (SSSR count). The second kappa shape index (κ2) is 6.08. The first-order chi connectivity index (χ1) is 9.91. The summed E-state index contributed by atoms with van der Waals surface area (Å²) in [5.41, 5.74) is 0.953. The van der Waals surface area contributed by atoms with E-state index in [1.54, 1.807) is 11.8 Å². The topological polar surface area (TPSA) is 77.5 Å². The molecule has 1 aliphatic heterocycles. The average Bonchev–Trinajstić information content (AvgIpc) is 2.64. The summed E-state index contributed by atoms with van der Waals surface area (Å²) in [5.74, 6) is -3.13. The van der Waals surface area contributed by atoms with Crippen molar-refractivity contribution in [2.24, 2.45) is 11.8 Å². The number of ketones is 1. The van der Waals surface area contributed by atoms with Gasteiger partial charge in [-0.05, 0) is 25.8 Å². The minimum Gasteiger partial charge on any atom is -0.550 e. The largest absolute Gasteiger partial charge is 0.550 e. The van der Waals surface area contributed by atoms with Crippen LogP contribution in [-0.2, 0) is 20.9 Å². The Balaban J connectivity index is 2.24. The SMILES string of the molecule is CC(=O)[C@H]1[C@H](CC(=O)[O-])C(=O)N(Cc2ccccc2)[C@@H]1C. The fourth-order valence-electron chi connectivity index (χ4n) is 3.12. The second-order valence-corrected chi connectivity index (χ2v) is 5.51. The van der Waals surface area contributed by atoms with Crippen molar-refractivity contribution in [3.05, 3.63) is 35.9 Å². The minimum atomic E-state index is -1.30. The number of Topliss-reactive ketones (excluding diaryl/α,β-unsaturated/α-hetero) is 1. The molecule has 0 bridgehead atoms. The molecule has 0 aliphatic carbocycles. The molecule has 0 unspecified atom stereocenters. The summed E-state index contributed by atoms with van der Waals surface area (Å²) in [5, 5.41) is 10.8. The molecular weight excluding hydrogens is 270 g/mol. The van der Waals surface area contributed by atoms with Crippen LogP contribution in [0.1, 0.15) is 25.8 Å². The average molecular weight is 288 g/mol. The van der Waals surface area contributed by atoms with Crippen LogP contribution in [0.25, 0.3) is 0 Å². The highest BCUT2D eigenvalue weighted by atomic mass is 16.4. The van der Waals surface area contributed by atoms with Crippen LogP contribution < -0.4 is 5.11 Å². The van der Waals surface area contributed by atoms with Crippen molar-refractivity contribution in [1.82, 2.24) is 4.90 Å². The van der Waals surface area contributed by atoms with Crippen molar-refractivity contribution in [2.75, 3.05) is 0 Å². The summed E-state index contributed by atoms with van der Waals surface area (Å²) in [7, 11) is 0. The van der Waals surface area contributed by atoms with Crippen LogP contribution in [-0.4, -0.2) is 28.6 Å². The first kappa shape index (κ1) is 15.2. The molecule has 1 saturated heterocycles. The predicted molar refractivity (Wildman–Crippen MR) is 73.7 cm³/mol. The molecule has 3 atom stereocenters. The van der Waals surface area contributed by atoms with E-state index >= 15 is 0 Å². The van der Waals surface area contributed by atoms with E-state index in [2.05, 4.69) is 0 Å². The Morgan fingerprint density at radius 2 is 1.86 bits per heavy atom. The van der Waals surface area contributed by atoms with Gasteiger partial charge in [0.15, 0.2) is 0 Å². The standard InChI is InChI=1S/C16H19NO4/c1-10-15(11(2)18)13(8-14(19)20)16(21)17(10)9-12-6-4-3-5-7-12/h3-7,10,13,15H,8-9H2,1-2H3,(H,19,20)/p-1/t10-,13+,15+/m1/s1. The van der Waals surface area contributed by atoms with Crippen molar-refractivity contribution >= 4 is 17.7 Å². The number of aliphatic carboxylic acids is 1. The first-order valence-electron chi connectivity index (χ1n) is 6.96. The number of likely N-dealkylation sites (tertiary alicyclic amines) is 1. The monoisotopic (exact) mass is 288 g/mol. The molecule has 5 nitrogen and oxygen atoms in total. The minimum absolute atomic E-state index is 0.155. The van der Waals surface area contributed by atoms with E-state index in [1.165, 1.54) is 6.92 Å². The number of nitrogens with zero attached hydrogens (tertiary/aromatic N) is 1. The van der Waals surface area contributed by atoms with E-state index in [-0.39, 0.29) is 17.7 Å². The molecule has 1 aromatic rings. The van der Waals surface area contributed by atoms with E-state index in [1.807, 2.05) is 30.3 Å². The van der Waals surface area contributed by atoms with Crippen molar-refractivity contribution in [2.45, 2.75) is 32.9 Å². The van der Waals surface area contributed by atoms with Gasteiger partial charge in [-0.3, -0.25) is 9.59 Å². The van der Waals surface area contributed by atoms with E-state index < -0.39 is 24.2 Å². The van der Waals surface area contributed by atoms with Crippen LogP contribution >= 0.6 is 0 Å². The van der Waals surface area contributed by atoms with E-state index in [0.29, 0.717) is 6.54 Å². The van der Waals surface area contributed by atoms with Crippen LogP contribution in [0.4, 0.5) is 0 Å². The molecule has 1 aromatic carbocycles. The fourth-order valence-corrected chi connectivity index (χ4v) is 3.12. The van der Waals surface area contributed by atoms with Crippen molar-refractivity contribution in [3.63, 3.8) is 0 Å². The summed E-state index contributed by atoms with van der Waals surface area (Å²) >= 11 is 0. The Hall–Kier alpha value is -2.17. The fraction of sp³-hybridized carbons (Fsp3) is 0.438. The predicted octanol–water partition coefficient (Wildman–Crippen LogP) is 0.379. The van der Waals surface area contributed by atoms with Gasteiger partial charge in [-0.25, -0.2) is 0 Å². The Morgan fingerprint density at radius 1 is 1.24 bits per heavy atom. The third-order valence-electron chi connectivity index (χ3n) is 4.10. The highest BCUT2D eigenvalue weighted by Gasteiger charge is 2.47. The molecule has 0 N–H and O–H groups in total. The maximum absolute atomic E-state index is 12.5. The van der Waals surface area contributed by atoms with Gasteiger partial charge in [0.2, 0.25) is 5.91 Å². The number of carbonyl (C=O) groups is 3. The molecule has 21 heavy (non-hydrogen) atoms. The van der Waals surface area contributed by atoms with Crippen molar-refractivity contribution < 1.29 is 19.5 Å². The molecule has 1 fully saturated rings.